The van der Waals surface area contributed by atoms with Gasteiger partial charge in [-0.15, -0.1) is 0 Å². The van der Waals surface area contributed by atoms with Crippen LogP contribution in [-0.2, 0) is 0 Å². The highest BCUT2D eigenvalue weighted by molar-refractivity contribution is 5.97. The number of nitrogens with zero attached hydrogens (tertiary/aromatic N) is 1. The lowest BCUT2D eigenvalue weighted by Gasteiger charge is -2.12. The number of ether oxygens (including phenoxy) is 4. The van der Waals surface area contributed by atoms with Crippen LogP contribution in [0.25, 0.3) is 0 Å². The maximum atomic E-state index is 12.3. The van der Waals surface area contributed by atoms with Crippen molar-refractivity contribution in [1.82, 2.24) is 5.43 Å². The topological polar surface area (TPSA) is 78.4 Å². The molecule has 0 fully saturated rings. The number of hydrogen-bond donors (Lipinski definition) is 1. The van der Waals surface area contributed by atoms with Crippen LogP contribution in [0, 0.1) is 0 Å². The van der Waals surface area contributed by atoms with Crippen LogP contribution in [0.1, 0.15) is 22.8 Å². The first kappa shape index (κ1) is 19.1. The van der Waals surface area contributed by atoms with Crippen LogP contribution in [0.5, 0.6) is 23.0 Å². The molecule has 1 N–H and O–H groups in total. The van der Waals surface area contributed by atoms with Crippen LogP contribution in [-0.4, -0.2) is 40.1 Å². The van der Waals surface area contributed by atoms with E-state index in [4.69, 9.17) is 18.9 Å². The van der Waals surface area contributed by atoms with E-state index >= 15 is 0 Å². The summed E-state index contributed by atoms with van der Waals surface area (Å²) in [6.07, 6.45) is 1.49. The number of nitrogens with one attached hydrogen (secondary N) is 1. The van der Waals surface area contributed by atoms with Gasteiger partial charge in [0.2, 0.25) is 5.75 Å². The molecule has 0 aliphatic carbocycles. The molecule has 0 radical (unpaired) electrons. The summed E-state index contributed by atoms with van der Waals surface area (Å²) < 4.78 is 21.3. The number of rotatable bonds is 8. The van der Waals surface area contributed by atoms with Crippen molar-refractivity contribution in [3.8, 4) is 23.0 Å². The van der Waals surface area contributed by atoms with Crippen LogP contribution in [0.2, 0.25) is 0 Å². The molecule has 0 saturated heterocycles. The standard InChI is InChI=1S/C19H22N2O5/c1-5-26-15-9-7-6-8-14(15)19(22)21-20-12-13-10-16(23-2)18(25-4)17(11-13)24-3/h6-12H,5H2,1-4H3,(H,21,22)/b20-12+. The highest BCUT2D eigenvalue weighted by Crippen LogP contribution is 2.37. The van der Waals surface area contributed by atoms with Crippen molar-refractivity contribution < 1.29 is 23.7 Å². The van der Waals surface area contributed by atoms with Crippen LogP contribution in [0.4, 0.5) is 0 Å². The van der Waals surface area contributed by atoms with Crippen molar-refractivity contribution in [2.45, 2.75) is 6.92 Å². The van der Waals surface area contributed by atoms with Gasteiger partial charge in [0.15, 0.2) is 11.5 Å². The average molecular weight is 358 g/mol. The van der Waals surface area contributed by atoms with Gasteiger partial charge in [-0.2, -0.15) is 5.10 Å². The summed E-state index contributed by atoms with van der Waals surface area (Å²) in [7, 11) is 4.60. The molecule has 26 heavy (non-hydrogen) atoms. The molecule has 0 atom stereocenters. The first-order valence-corrected chi connectivity index (χ1v) is 7.99. The zero-order valence-corrected chi connectivity index (χ0v) is 15.2. The Morgan fingerprint density at radius 1 is 1.04 bits per heavy atom. The number of methoxy groups -OCH3 is 3. The van der Waals surface area contributed by atoms with E-state index < -0.39 is 0 Å². The van der Waals surface area contributed by atoms with Crippen molar-refractivity contribution in [3.05, 3.63) is 47.5 Å². The van der Waals surface area contributed by atoms with E-state index in [1.165, 1.54) is 27.5 Å². The number of benzene rings is 2. The van der Waals surface area contributed by atoms with E-state index in [2.05, 4.69) is 10.5 Å². The molecule has 2 rings (SSSR count). The molecular formula is C19H22N2O5. The van der Waals surface area contributed by atoms with Crippen molar-refractivity contribution in [3.63, 3.8) is 0 Å². The third-order valence-electron chi connectivity index (χ3n) is 3.50. The van der Waals surface area contributed by atoms with Crippen molar-refractivity contribution in [2.24, 2.45) is 5.10 Å². The predicted molar refractivity (Wildman–Crippen MR) is 98.8 cm³/mol. The molecule has 0 heterocycles. The number of carbonyl (C=O) groups excluding carboxylic acids is 1. The Morgan fingerprint density at radius 3 is 2.27 bits per heavy atom. The summed E-state index contributed by atoms with van der Waals surface area (Å²) in [4.78, 5) is 12.3. The second-order valence-electron chi connectivity index (χ2n) is 5.09. The second kappa shape index (κ2) is 9.31. The van der Waals surface area contributed by atoms with E-state index in [0.29, 0.717) is 40.7 Å². The molecule has 7 heteroatoms. The second-order valence-corrected chi connectivity index (χ2v) is 5.09. The van der Waals surface area contributed by atoms with Gasteiger partial charge in [-0.1, -0.05) is 12.1 Å². The first-order chi connectivity index (χ1) is 12.6. The number of carbonyl (C=O) groups is 1. The lowest BCUT2D eigenvalue weighted by atomic mass is 10.2. The van der Waals surface area contributed by atoms with Crippen LogP contribution in [0.15, 0.2) is 41.5 Å². The average Bonchev–Trinajstić information content (AvgIpc) is 2.67. The zero-order chi connectivity index (χ0) is 18.9. The summed E-state index contributed by atoms with van der Waals surface area (Å²) in [5, 5.41) is 3.99. The molecule has 1 amide bonds. The summed E-state index contributed by atoms with van der Waals surface area (Å²) in [5.41, 5.74) is 3.58. The maximum Gasteiger partial charge on any atom is 0.275 e. The third-order valence-corrected chi connectivity index (χ3v) is 3.50. The highest BCUT2D eigenvalue weighted by atomic mass is 16.5. The molecule has 0 aliphatic heterocycles. The molecule has 2 aromatic rings. The van der Waals surface area contributed by atoms with Crippen LogP contribution >= 0.6 is 0 Å². The molecular weight excluding hydrogens is 336 g/mol. The Bertz CT molecular complexity index is 764. The Balaban J connectivity index is 2.17. The molecule has 0 unspecified atom stereocenters. The SMILES string of the molecule is CCOc1ccccc1C(=O)N/N=C/c1cc(OC)c(OC)c(OC)c1. The molecule has 138 valence electrons. The van der Waals surface area contributed by atoms with E-state index in [0.717, 1.165) is 0 Å². The largest absolute Gasteiger partial charge is 0.493 e. The summed E-state index contributed by atoms with van der Waals surface area (Å²) in [6.45, 7) is 2.33. The van der Waals surface area contributed by atoms with Crippen molar-refractivity contribution in [1.29, 1.82) is 0 Å². The van der Waals surface area contributed by atoms with Gasteiger partial charge in [0.25, 0.3) is 5.91 Å². The van der Waals surface area contributed by atoms with Crippen molar-refractivity contribution in [2.75, 3.05) is 27.9 Å². The first-order valence-electron chi connectivity index (χ1n) is 7.99. The monoisotopic (exact) mass is 358 g/mol. The molecule has 0 aliphatic rings. The summed E-state index contributed by atoms with van der Waals surface area (Å²) in [6, 6.07) is 10.4. The lowest BCUT2D eigenvalue weighted by Crippen LogP contribution is -2.18. The molecule has 7 nitrogen and oxygen atoms in total. The van der Waals surface area contributed by atoms with Crippen LogP contribution in [0.3, 0.4) is 0 Å². The Kier molecular flexibility index (Phi) is 6.84. The third kappa shape index (κ3) is 4.44. The summed E-state index contributed by atoms with van der Waals surface area (Å²) >= 11 is 0. The Morgan fingerprint density at radius 2 is 1.69 bits per heavy atom. The minimum Gasteiger partial charge on any atom is -0.493 e. The molecule has 2 aromatic carbocycles. The fraction of sp³-hybridized carbons (Fsp3) is 0.263. The smallest absolute Gasteiger partial charge is 0.275 e. The molecule has 0 spiro atoms. The van der Waals surface area contributed by atoms with Gasteiger partial charge in [-0.05, 0) is 31.2 Å². The van der Waals surface area contributed by atoms with E-state index in [9.17, 15) is 4.79 Å². The minimum absolute atomic E-state index is 0.363. The van der Waals surface area contributed by atoms with Gasteiger partial charge in [-0.25, -0.2) is 5.43 Å². The Labute approximate surface area is 152 Å². The zero-order valence-electron chi connectivity index (χ0n) is 15.2. The van der Waals surface area contributed by atoms with E-state index in [1.54, 1.807) is 36.4 Å². The normalized spacial score (nSPS) is 10.5. The maximum absolute atomic E-state index is 12.3. The minimum atomic E-state index is -0.363. The Hall–Kier alpha value is -3.22. The highest BCUT2D eigenvalue weighted by Gasteiger charge is 2.13. The quantitative estimate of drug-likeness (QED) is 0.580. The van der Waals surface area contributed by atoms with Gasteiger partial charge in [0.05, 0.1) is 39.7 Å². The van der Waals surface area contributed by atoms with E-state index in [1.807, 2.05) is 6.92 Å². The molecule has 0 saturated carbocycles. The van der Waals surface area contributed by atoms with Gasteiger partial charge in [0.1, 0.15) is 5.75 Å². The van der Waals surface area contributed by atoms with Gasteiger partial charge in [-0.3, -0.25) is 4.79 Å². The number of amides is 1. The van der Waals surface area contributed by atoms with Crippen LogP contribution < -0.4 is 24.4 Å². The number of hydrogen-bond acceptors (Lipinski definition) is 6. The fourth-order valence-electron chi connectivity index (χ4n) is 2.34. The molecule has 0 bridgehead atoms. The van der Waals surface area contributed by atoms with Gasteiger partial charge >= 0.3 is 0 Å². The molecule has 0 aromatic heterocycles. The van der Waals surface area contributed by atoms with Crippen molar-refractivity contribution >= 4 is 12.1 Å². The predicted octanol–water partition coefficient (Wildman–Crippen LogP) is 2.88. The fourth-order valence-corrected chi connectivity index (χ4v) is 2.34. The van der Waals surface area contributed by atoms with E-state index in [-0.39, 0.29) is 5.91 Å². The van der Waals surface area contributed by atoms with Gasteiger partial charge < -0.3 is 18.9 Å². The lowest BCUT2D eigenvalue weighted by molar-refractivity contribution is 0.0951. The number of hydrazone groups is 1. The van der Waals surface area contributed by atoms with Gasteiger partial charge in [0, 0.05) is 5.56 Å². The number of para-hydroxylation sites is 1. The summed E-state index contributed by atoms with van der Waals surface area (Å²) in [5.74, 6) is 1.64.